The summed E-state index contributed by atoms with van der Waals surface area (Å²) >= 11 is 0. The monoisotopic (exact) mass is 347 g/mol. The van der Waals surface area contributed by atoms with Gasteiger partial charge in [0, 0.05) is 17.5 Å². The molecule has 7 nitrogen and oxygen atoms in total. The first-order chi connectivity index (χ1) is 12.6. The fourth-order valence-corrected chi connectivity index (χ4v) is 2.88. The van der Waals surface area contributed by atoms with Crippen LogP contribution in [0.3, 0.4) is 0 Å². The van der Waals surface area contributed by atoms with Crippen LogP contribution < -0.4 is 10.9 Å². The molecule has 2 amide bonds. The molecule has 1 unspecified atom stereocenters. The Bertz CT molecular complexity index is 1120. The van der Waals surface area contributed by atoms with Crippen molar-refractivity contribution in [3.05, 3.63) is 81.7 Å². The summed E-state index contributed by atoms with van der Waals surface area (Å²) in [6.45, 7) is 0.110. The number of hydrogen-bond acceptors (Lipinski definition) is 5. The Morgan fingerprint density at radius 2 is 1.85 bits per heavy atom. The molecule has 1 atom stereocenters. The Balaban J connectivity index is 1.56. The molecule has 7 heteroatoms. The summed E-state index contributed by atoms with van der Waals surface area (Å²) in [6.07, 6.45) is 0. The van der Waals surface area contributed by atoms with Crippen LogP contribution in [0.15, 0.2) is 74.0 Å². The van der Waals surface area contributed by atoms with Crippen molar-refractivity contribution in [1.29, 1.82) is 0 Å². The lowest BCUT2D eigenvalue weighted by Crippen LogP contribution is -2.32. The molecule has 0 aliphatic carbocycles. The maximum Gasteiger partial charge on any atom is 0.349 e. The number of para-hydroxylation sites is 1. The van der Waals surface area contributed by atoms with Gasteiger partial charge in [0.15, 0.2) is 0 Å². The van der Waals surface area contributed by atoms with Crippen LogP contribution in [0, 0.1) is 0 Å². The largest absolute Gasteiger partial charge is 0.422 e. The minimum absolute atomic E-state index is 0.0826. The summed E-state index contributed by atoms with van der Waals surface area (Å²) in [5, 5.41) is 10.9. The lowest BCUT2D eigenvalue weighted by Gasteiger charge is -2.18. The number of carbonyl (C=O) groups excluding carboxylic acids is 2. The predicted molar refractivity (Wildman–Crippen MR) is 93.2 cm³/mol. The molecule has 0 spiro atoms. The Morgan fingerprint density at radius 3 is 2.73 bits per heavy atom. The fraction of sp³-hybridized carbons (Fsp3) is 0.105. The van der Waals surface area contributed by atoms with Crippen LogP contribution >= 0.6 is 0 Å². The van der Waals surface area contributed by atoms with Gasteiger partial charge in [-0.15, -0.1) is 5.11 Å². The molecular weight excluding hydrogens is 334 g/mol. The Hall–Kier alpha value is -3.61. The average molecular weight is 347 g/mol. The second-order valence-electron chi connectivity index (χ2n) is 5.82. The number of fused-ring (bicyclic) bond motifs is 2. The van der Waals surface area contributed by atoms with Crippen molar-refractivity contribution in [3.8, 4) is 0 Å². The molecule has 1 aliphatic rings. The second kappa shape index (κ2) is 6.36. The zero-order valence-corrected chi connectivity index (χ0v) is 13.5. The fourth-order valence-electron chi connectivity index (χ4n) is 2.88. The van der Waals surface area contributed by atoms with Crippen molar-refractivity contribution < 1.29 is 14.0 Å². The molecule has 0 saturated heterocycles. The van der Waals surface area contributed by atoms with E-state index in [1.165, 1.54) is 6.07 Å². The molecule has 0 radical (unpaired) electrons. The molecular formula is C19H13N3O4. The van der Waals surface area contributed by atoms with E-state index in [2.05, 4.69) is 15.5 Å². The quantitative estimate of drug-likeness (QED) is 0.736. The third-order valence-electron chi connectivity index (χ3n) is 4.18. The van der Waals surface area contributed by atoms with Gasteiger partial charge >= 0.3 is 5.63 Å². The molecule has 0 bridgehead atoms. The normalized spacial score (nSPS) is 15.7. The van der Waals surface area contributed by atoms with E-state index in [9.17, 15) is 14.4 Å². The third kappa shape index (κ3) is 2.79. The van der Waals surface area contributed by atoms with Crippen molar-refractivity contribution in [2.45, 2.75) is 6.04 Å². The van der Waals surface area contributed by atoms with Gasteiger partial charge in [0.2, 0.25) is 0 Å². The molecule has 0 fully saturated rings. The predicted octanol–water partition coefficient (Wildman–Crippen LogP) is 2.87. The van der Waals surface area contributed by atoms with Gasteiger partial charge in [-0.3, -0.25) is 9.59 Å². The number of hydrogen-bond donors (Lipinski definition) is 1. The first-order valence-electron chi connectivity index (χ1n) is 7.98. The van der Waals surface area contributed by atoms with Crippen molar-refractivity contribution in [1.82, 2.24) is 5.32 Å². The summed E-state index contributed by atoms with van der Waals surface area (Å²) in [5.41, 5.74) is 0.788. The van der Waals surface area contributed by atoms with E-state index in [1.807, 2.05) is 0 Å². The standard InChI is InChI=1S/C19H13N3O4/c23-17(14-9-11-5-1-4-8-16(11)26-19(14)25)20-10-15-12-6-2-3-7-13(12)18(24)22-21-15/h1-9,15H,10H2,(H,20,23). The van der Waals surface area contributed by atoms with Gasteiger partial charge < -0.3 is 9.73 Å². The van der Waals surface area contributed by atoms with Gasteiger partial charge in [-0.05, 0) is 23.8 Å². The van der Waals surface area contributed by atoms with Gasteiger partial charge in [0.05, 0.1) is 0 Å². The van der Waals surface area contributed by atoms with E-state index in [4.69, 9.17) is 4.42 Å². The summed E-state index contributed by atoms with van der Waals surface area (Å²) in [6, 6.07) is 14.9. The molecule has 26 heavy (non-hydrogen) atoms. The smallest absolute Gasteiger partial charge is 0.349 e. The summed E-state index contributed by atoms with van der Waals surface area (Å²) in [7, 11) is 0. The van der Waals surface area contributed by atoms with Gasteiger partial charge in [0.25, 0.3) is 11.8 Å². The lowest BCUT2D eigenvalue weighted by atomic mass is 9.99. The SMILES string of the molecule is O=C1N=NC(CNC(=O)c2cc3ccccc3oc2=O)c2ccccc21. The highest BCUT2D eigenvalue weighted by Gasteiger charge is 2.24. The van der Waals surface area contributed by atoms with Gasteiger partial charge in [0.1, 0.15) is 17.2 Å². The molecule has 1 N–H and O–H groups in total. The molecule has 128 valence electrons. The number of amides is 2. The van der Waals surface area contributed by atoms with Crippen LogP contribution in [0.5, 0.6) is 0 Å². The molecule has 3 aromatic rings. The highest BCUT2D eigenvalue weighted by Crippen LogP contribution is 2.26. The Kier molecular flexibility index (Phi) is 3.89. The molecule has 4 rings (SSSR count). The third-order valence-corrected chi connectivity index (χ3v) is 4.18. The highest BCUT2D eigenvalue weighted by atomic mass is 16.4. The first kappa shape index (κ1) is 15.9. The van der Waals surface area contributed by atoms with E-state index < -0.39 is 23.5 Å². The van der Waals surface area contributed by atoms with Crippen molar-refractivity contribution in [3.63, 3.8) is 0 Å². The second-order valence-corrected chi connectivity index (χ2v) is 5.82. The van der Waals surface area contributed by atoms with Crippen LogP contribution in [0.4, 0.5) is 0 Å². The number of benzene rings is 2. The maximum atomic E-state index is 12.4. The van der Waals surface area contributed by atoms with Crippen LogP contribution in [-0.2, 0) is 0 Å². The van der Waals surface area contributed by atoms with E-state index in [-0.39, 0.29) is 12.1 Å². The molecule has 2 heterocycles. The van der Waals surface area contributed by atoms with Crippen molar-refractivity contribution in [2.75, 3.05) is 6.54 Å². The maximum absolute atomic E-state index is 12.4. The molecule has 0 saturated carbocycles. The van der Waals surface area contributed by atoms with Crippen LogP contribution in [0.25, 0.3) is 11.0 Å². The van der Waals surface area contributed by atoms with Crippen molar-refractivity contribution in [2.24, 2.45) is 10.2 Å². The lowest BCUT2D eigenvalue weighted by molar-refractivity contribution is 0.0947. The average Bonchev–Trinajstić information content (AvgIpc) is 2.67. The zero-order valence-electron chi connectivity index (χ0n) is 13.5. The Labute approximate surface area is 147 Å². The van der Waals surface area contributed by atoms with E-state index >= 15 is 0 Å². The van der Waals surface area contributed by atoms with Crippen LogP contribution in [0.1, 0.15) is 32.3 Å². The van der Waals surface area contributed by atoms with Crippen LogP contribution in [0.2, 0.25) is 0 Å². The summed E-state index contributed by atoms with van der Waals surface area (Å²) in [5.74, 6) is -0.965. The van der Waals surface area contributed by atoms with Gasteiger partial charge in [-0.25, -0.2) is 4.79 Å². The van der Waals surface area contributed by atoms with Crippen LogP contribution in [-0.4, -0.2) is 18.4 Å². The van der Waals surface area contributed by atoms with E-state index in [1.54, 1.807) is 48.5 Å². The van der Waals surface area contributed by atoms with E-state index in [0.29, 0.717) is 22.1 Å². The molecule has 1 aliphatic heterocycles. The first-order valence-corrected chi connectivity index (χ1v) is 7.98. The highest BCUT2D eigenvalue weighted by molar-refractivity contribution is 5.98. The Morgan fingerprint density at radius 1 is 1.08 bits per heavy atom. The van der Waals surface area contributed by atoms with Gasteiger partial charge in [-0.2, -0.15) is 5.11 Å². The molecule has 2 aromatic carbocycles. The topological polar surface area (TPSA) is 101 Å². The minimum Gasteiger partial charge on any atom is -0.422 e. The molecule has 1 aromatic heterocycles. The van der Waals surface area contributed by atoms with Crippen molar-refractivity contribution >= 4 is 22.8 Å². The summed E-state index contributed by atoms with van der Waals surface area (Å²) < 4.78 is 5.17. The number of nitrogens with one attached hydrogen (secondary N) is 1. The van der Waals surface area contributed by atoms with E-state index in [0.717, 1.165) is 0 Å². The minimum atomic E-state index is -0.706. The number of nitrogens with zero attached hydrogens (tertiary/aromatic N) is 2. The summed E-state index contributed by atoms with van der Waals surface area (Å²) in [4.78, 5) is 36.2. The van der Waals surface area contributed by atoms with Gasteiger partial charge in [-0.1, -0.05) is 36.4 Å². The number of rotatable bonds is 3. The number of azo groups is 1. The zero-order chi connectivity index (χ0) is 18.1. The number of carbonyl (C=O) groups is 2.